The van der Waals surface area contributed by atoms with Gasteiger partial charge in [0.05, 0.1) is 6.61 Å². The smallest absolute Gasteiger partial charge is 0.247 e. The zero-order valence-corrected chi connectivity index (χ0v) is 23.7. The van der Waals surface area contributed by atoms with Gasteiger partial charge >= 0.3 is 0 Å². The van der Waals surface area contributed by atoms with Crippen molar-refractivity contribution in [3.05, 3.63) is 77.5 Å². The van der Waals surface area contributed by atoms with Gasteiger partial charge < -0.3 is 36.0 Å². The molecule has 2 heterocycles. The third-order valence-corrected chi connectivity index (χ3v) is 8.52. The van der Waals surface area contributed by atoms with E-state index in [9.17, 15) is 9.90 Å². The van der Waals surface area contributed by atoms with Crippen molar-refractivity contribution >= 4 is 11.6 Å². The van der Waals surface area contributed by atoms with E-state index in [1.165, 1.54) is 48.6 Å². The Bertz CT molecular complexity index is 1130. The molecule has 2 aliphatic heterocycles. The molecule has 2 aromatic rings. The van der Waals surface area contributed by atoms with Crippen molar-refractivity contribution in [2.45, 2.75) is 76.0 Å². The molecule has 1 spiro atoms. The molecular weight excluding hydrogens is 502 g/mol. The van der Waals surface area contributed by atoms with Crippen LogP contribution >= 0.6 is 0 Å². The van der Waals surface area contributed by atoms with Crippen molar-refractivity contribution in [2.75, 3.05) is 38.0 Å². The Balaban J connectivity index is 1.26. The summed E-state index contributed by atoms with van der Waals surface area (Å²) in [5.41, 5.74) is 4.85. The molecule has 8 heteroatoms. The molecule has 2 aromatic carbocycles. The minimum atomic E-state index is -0.924. The molecular formula is C32H45N5O3. The maximum Gasteiger partial charge on any atom is 0.247 e. The molecule has 1 saturated carbocycles. The van der Waals surface area contributed by atoms with Crippen LogP contribution in [0.1, 0.15) is 61.8 Å². The lowest BCUT2D eigenvalue weighted by Gasteiger charge is -2.42. The first kappa shape index (κ1) is 28.6. The zero-order chi connectivity index (χ0) is 27.8. The van der Waals surface area contributed by atoms with Crippen LogP contribution in [0.3, 0.4) is 0 Å². The van der Waals surface area contributed by atoms with Crippen molar-refractivity contribution in [1.82, 2.24) is 20.9 Å². The van der Waals surface area contributed by atoms with E-state index in [-0.39, 0.29) is 17.5 Å². The third-order valence-electron chi connectivity index (χ3n) is 8.52. The highest BCUT2D eigenvalue weighted by Crippen LogP contribution is 2.45. The molecule has 40 heavy (non-hydrogen) atoms. The van der Waals surface area contributed by atoms with Crippen molar-refractivity contribution in [1.29, 1.82) is 0 Å². The van der Waals surface area contributed by atoms with E-state index in [4.69, 9.17) is 4.74 Å². The molecule has 216 valence electrons. The van der Waals surface area contributed by atoms with Crippen LogP contribution in [0.5, 0.6) is 0 Å². The standard InChI is InChI=1S/C32H45N5O3/c1-2-24-10-11-27-26(20-24)28(21-32(36-27)13-6-7-14-32)34-22-29(38)31(40-23-25-8-4-3-5-9-25)35-30(39)12-17-37-18-15-33-16-19-37/h3-5,8-12,17,20,28-29,31,33-34,36,38H,2,6-7,13-16,18-19,21-23H2,1H3,(H,35,39)/b17-12+/t28-,29+,31-/m0/s1. The molecule has 1 aliphatic carbocycles. The van der Waals surface area contributed by atoms with E-state index in [0.29, 0.717) is 13.2 Å². The first-order chi connectivity index (χ1) is 19.5. The van der Waals surface area contributed by atoms with E-state index in [0.717, 1.165) is 44.6 Å². The summed E-state index contributed by atoms with van der Waals surface area (Å²) in [7, 11) is 0. The number of rotatable bonds is 11. The number of nitrogens with zero attached hydrogens (tertiary/aromatic N) is 1. The topological polar surface area (TPSA) is 97.9 Å². The average molecular weight is 548 g/mol. The van der Waals surface area contributed by atoms with Gasteiger partial charge in [0, 0.05) is 62.3 Å². The number of hydrogen-bond acceptors (Lipinski definition) is 7. The van der Waals surface area contributed by atoms with Gasteiger partial charge in [-0.2, -0.15) is 0 Å². The number of piperazine rings is 1. The molecule has 1 amide bonds. The molecule has 3 aliphatic rings. The van der Waals surface area contributed by atoms with Crippen LogP contribution in [-0.2, 0) is 22.6 Å². The Morgan fingerprint density at radius 3 is 2.67 bits per heavy atom. The van der Waals surface area contributed by atoms with E-state index in [1.807, 2.05) is 36.5 Å². The molecule has 0 bridgehead atoms. The highest BCUT2D eigenvalue weighted by atomic mass is 16.5. The van der Waals surface area contributed by atoms with E-state index in [1.54, 1.807) is 0 Å². The lowest BCUT2D eigenvalue weighted by Crippen LogP contribution is -2.50. The fourth-order valence-corrected chi connectivity index (χ4v) is 6.21. The SMILES string of the molecule is CCc1ccc2c(c1)[C@@H](NC[C@@H](O)[C@@H](NC(=O)/C=C/N1CCNCC1)OCc1ccccc1)CC1(CCCC1)N2. The normalized spacial score (nSPS) is 21.6. The fourth-order valence-electron chi connectivity index (χ4n) is 6.21. The van der Waals surface area contributed by atoms with Gasteiger partial charge in [0.15, 0.2) is 6.23 Å². The summed E-state index contributed by atoms with van der Waals surface area (Å²) in [6.07, 6.45) is 8.37. The van der Waals surface area contributed by atoms with Gasteiger partial charge in [-0.05, 0) is 48.4 Å². The predicted octanol–water partition coefficient (Wildman–Crippen LogP) is 3.45. The molecule has 1 saturated heterocycles. The Kier molecular flexibility index (Phi) is 9.75. The molecule has 0 unspecified atom stereocenters. The second kappa shape index (κ2) is 13.6. The minimum Gasteiger partial charge on any atom is -0.387 e. The first-order valence-corrected chi connectivity index (χ1v) is 14.9. The summed E-state index contributed by atoms with van der Waals surface area (Å²) in [5.74, 6) is -0.277. The van der Waals surface area contributed by atoms with Crippen LogP contribution in [0.2, 0.25) is 0 Å². The Morgan fingerprint density at radius 2 is 1.93 bits per heavy atom. The second-order valence-electron chi connectivity index (χ2n) is 11.4. The van der Waals surface area contributed by atoms with Crippen LogP contribution in [-0.4, -0.2) is 66.5 Å². The van der Waals surface area contributed by atoms with Crippen LogP contribution in [0.4, 0.5) is 5.69 Å². The summed E-state index contributed by atoms with van der Waals surface area (Å²) in [6.45, 7) is 6.31. The molecule has 0 aromatic heterocycles. The summed E-state index contributed by atoms with van der Waals surface area (Å²) < 4.78 is 6.10. The van der Waals surface area contributed by atoms with Gasteiger partial charge in [-0.1, -0.05) is 62.2 Å². The molecule has 5 N–H and O–H groups in total. The average Bonchev–Trinajstić information content (AvgIpc) is 3.44. The van der Waals surface area contributed by atoms with Gasteiger partial charge in [-0.3, -0.25) is 4.79 Å². The minimum absolute atomic E-state index is 0.107. The van der Waals surface area contributed by atoms with Crippen molar-refractivity contribution < 1.29 is 14.6 Å². The quantitative estimate of drug-likeness (QED) is 0.217. The lowest BCUT2D eigenvalue weighted by atomic mass is 9.81. The summed E-state index contributed by atoms with van der Waals surface area (Å²) >= 11 is 0. The Morgan fingerprint density at radius 1 is 1.15 bits per heavy atom. The van der Waals surface area contributed by atoms with E-state index >= 15 is 0 Å². The lowest BCUT2D eigenvalue weighted by molar-refractivity contribution is -0.126. The number of benzene rings is 2. The molecule has 8 nitrogen and oxygen atoms in total. The number of aliphatic hydroxyl groups excluding tert-OH is 1. The molecule has 2 fully saturated rings. The summed E-state index contributed by atoms with van der Waals surface area (Å²) in [5, 5.41) is 25.1. The number of aryl methyl sites for hydroxylation is 1. The maximum atomic E-state index is 12.9. The molecule has 0 radical (unpaired) electrons. The summed E-state index contributed by atoms with van der Waals surface area (Å²) in [6, 6.07) is 16.7. The Hall–Kier alpha value is -2.91. The van der Waals surface area contributed by atoms with Gasteiger partial charge in [-0.15, -0.1) is 0 Å². The molecule has 5 rings (SSSR count). The highest BCUT2D eigenvalue weighted by Gasteiger charge is 2.41. The number of ether oxygens (including phenoxy) is 1. The van der Waals surface area contributed by atoms with Crippen LogP contribution in [0.25, 0.3) is 0 Å². The number of anilines is 1. The fraction of sp³-hybridized carbons (Fsp3) is 0.531. The van der Waals surface area contributed by atoms with Crippen molar-refractivity contribution in [3.8, 4) is 0 Å². The van der Waals surface area contributed by atoms with Crippen LogP contribution in [0, 0.1) is 0 Å². The monoisotopic (exact) mass is 547 g/mol. The van der Waals surface area contributed by atoms with E-state index < -0.39 is 12.3 Å². The largest absolute Gasteiger partial charge is 0.387 e. The number of fused-ring (bicyclic) bond motifs is 1. The highest BCUT2D eigenvalue weighted by molar-refractivity contribution is 5.87. The number of aliphatic hydroxyl groups is 1. The number of hydrogen-bond donors (Lipinski definition) is 5. The van der Waals surface area contributed by atoms with Gasteiger partial charge in [0.1, 0.15) is 6.10 Å². The first-order valence-electron chi connectivity index (χ1n) is 14.9. The van der Waals surface area contributed by atoms with Gasteiger partial charge in [-0.25, -0.2) is 0 Å². The zero-order valence-electron chi connectivity index (χ0n) is 23.7. The van der Waals surface area contributed by atoms with Crippen LogP contribution in [0.15, 0.2) is 60.8 Å². The number of carbonyl (C=O) groups is 1. The maximum absolute atomic E-state index is 12.9. The number of amides is 1. The molecule has 3 atom stereocenters. The van der Waals surface area contributed by atoms with Crippen molar-refractivity contribution in [2.24, 2.45) is 0 Å². The van der Waals surface area contributed by atoms with Gasteiger partial charge in [0.2, 0.25) is 5.91 Å². The van der Waals surface area contributed by atoms with Crippen molar-refractivity contribution in [3.63, 3.8) is 0 Å². The number of carbonyl (C=O) groups excluding carboxylic acids is 1. The third kappa shape index (κ3) is 7.43. The number of nitrogens with one attached hydrogen (secondary N) is 4. The van der Waals surface area contributed by atoms with Crippen LogP contribution < -0.4 is 21.3 Å². The second-order valence-corrected chi connectivity index (χ2v) is 11.4. The van der Waals surface area contributed by atoms with Gasteiger partial charge in [0.25, 0.3) is 0 Å². The summed E-state index contributed by atoms with van der Waals surface area (Å²) in [4.78, 5) is 15.0. The van der Waals surface area contributed by atoms with E-state index in [2.05, 4.69) is 51.3 Å². The predicted molar refractivity (Wildman–Crippen MR) is 159 cm³/mol. The Labute approximate surface area is 238 Å².